The molecule has 0 amide bonds. The van der Waals surface area contributed by atoms with Gasteiger partial charge in [0.1, 0.15) is 11.5 Å². The molecule has 1 fully saturated rings. The van der Waals surface area contributed by atoms with Crippen molar-refractivity contribution < 1.29 is 14.1 Å². The van der Waals surface area contributed by atoms with Gasteiger partial charge in [-0.05, 0) is 24.3 Å². The Balaban J connectivity index is 1.60. The number of anilines is 2. The SMILES string of the molecule is COC(=O)c1c(-c2ccc(Cl)cc2)noc1N1CCN(c2ccccn2)CC1. The van der Waals surface area contributed by atoms with Gasteiger partial charge in [-0.1, -0.05) is 35.0 Å². The molecule has 28 heavy (non-hydrogen) atoms. The second-order valence-corrected chi connectivity index (χ2v) is 6.81. The van der Waals surface area contributed by atoms with Gasteiger partial charge in [0.2, 0.25) is 5.88 Å². The monoisotopic (exact) mass is 398 g/mol. The smallest absolute Gasteiger partial charge is 0.345 e. The topological polar surface area (TPSA) is 71.7 Å². The van der Waals surface area contributed by atoms with E-state index in [4.69, 9.17) is 20.9 Å². The van der Waals surface area contributed by atoms with Crippen LogP contribution in [0, 0.1) is 0 Å². The minimum atomic E-state index is -0.478. The van der Waals surface area contributed by atoms with Gasteiger partial charge in [-0.25, -0.2) is 9.78 Å². The van der Waals surface area contributed by atoms with Crippen LogP contribution in [0.4, 0.5) is 11.7 Å². The van der Waals surface area contributed by atoms with E-state index in [2.05, 4.69) is 15.0 Å². The highest BCUT2D eigenvalue weighted by Gasteiger charge is 2.30. The lowest BCUT2D eigenvalue weighted by Gasteiger charge is -2.35. The first kappa shape index (κ1) is 18.3. The van der Waals surface area contributed by atoms with Crippen molar-refractivity contribution in [1.82, 2.24) is 10.1 Å². The van der Waals surface area contributed by atoms with Gasteiger partial charge < -0.3 is 19.1 Å². The fraction of sp³-hybridized carbons (Fsp3) is 0.250. The number of benzene rings is 1. The highest BCUT2D eigenvalue weighted by Crippen LogP contribution is 2.33. The van der Waals surface area contributed by atoms with Crippen molar-refractivity contribution in [3.05, 3.63) is 59.2 Å². The Kier molecular flexibility index (Phi) is 5.16. The van der Waals surface area contributed by atoms with E-state index >= 15 is 0 Å². The van der Waals surface area contributed by atoms with E-state index in [-0.39, 0.29) is 0 Å². The molecule has 1 aromatic carbocycles. The Morgan fingerprint density at radius 1 is 1.07 bits per heavy atom. The van der Waals surface area contributed by atoms with Crippen LogP contribution in [-0.2, 0) is 4.74 Å². The van der Waals surface area contributed by atoms with Crippen molar-refractivity contribution in [3.8, 4) is 11.3 Å². The van der Waals surface area contributed by atoms with Gasteiger partial charge in [0.05, 0.1) is 7.11 Å². The van der Waals surface area contributed by atoms with Crippen LogP contribution in [0.25, 0.3) is 11.3 Å². The van der Waals surface area contributed by atoms with E-state index in [1.165, 1.54) is 7.11 Å². The Morgan fingerprint density at radius 2 is 1.79 bits per heavy atom. The van der Waals surface area contributed by atoms with E-state index in [1.807, 2.05) is 23.1 Å². The van der Waals surface area contributed by atoms with Crippen molar-refractivity contribution >= 4 is 29.3 Å². The first-order valence-electron chi connectivity index (χ1n) is 8.92. The molecule has 3 aromatic rings. The number of nitrogens with zero attached hydrogens (tertiary/aromatic N) is 4. The minimum absolute atomic E-state index is 0.330. The average molecular weight is 399 g/mol. The molecule has 144 valence electrons. The summed E-state index contributed by atoms with van der Waals surface area (Å²) in [5.74, 6) is 0.889. The lowest BCUT2D eigenvalue weighted by molar-refractivity contribution is 0.0601. The van der Waals surface area contributed by atoms with E-state index in [9.17, 15) is 4.79 Å². The molecule has 1 aliphatic rings. The zero-order valence-corrected chi connectivity index (χ0v) is 16.1. The maximum atomic E-state index is 12.5. The number of piperazine rings is 1. The lowest BCUT2D eigenvalue weighted by atomic mass is 10.1. The first-order valence-corrected chi connectivity index (χ1v) is 9.30. The molecule has 3 heterocycles. The number of pyridine rings is 1. The van der Waals surface area contributed by atoms with Crippen LogP contribution in [0.5, 0.6) is 0 Å². The van der Waals surface area contributed by atoms with E-state index in [1.54, 1.807) is 30.5 Å². The van der Waals surface area contributed by atoms with Crippen LogP contribution in [0.2, 0.25) is 5.02 Å². The van der Waals surface area contributed by atoms with Crippen molar-refractivity contribution in [1.29, 1.82) is 0 Å². The Bertz CT molecular complexity index is 951. The van der Waals surface area contributed by atoms with Gasteiger partial charge in [-0.2, -0.15) is 0 Å². The third kappa shape index (κ3) is 3.53. The number of aromatic nitrogens is 2. The molecule has 0 bridgehead atoms. The van der Waals surface area contributed by atoms with Crippen LogP contribution < -0.4 is 9.80 Å². The zero-order valence-electron chi connectivity index (χ0n) is 15.3. The highest BCUT2D eigenvalue weighted by molar-refractivity contribution is 6.30. The number of hydrogen-bond donors (Lipinski definition) is 0. The molecule has 2 aromatic heterocycles. The normalized spacial score (nSPS) is 14.2. The number of rotatable bonds is 4. The van der Waals surface area contributed by atoms with Crippen molar-refractivity contribution in [2.45, 2.75) is 0 Å². The summed E-state index contributed by atoms with van der Waals surface area (Å²) in [6.07, 6.45) is 1.78. The predicted octanol–water partition coefficient (Wildman–Crippen LogP) is 3.50. The number of methoxy groups -OCH3 is 1. The quantitative estimate of drug-likeness (QED) is 0.623. The summed E-state index contributed by atoms with van der Waals surface area (Å²) in [6.45, 7) is 2.87. The molecule has 1 aliphatic heterocycles. The van der Waals surface area contributed by atoms with Crippen molar-refractivity contribution in [2.24, 2.45) is 0 Å². The van der Waals surface area contributed by atoms with Crippen molar-refractivity contribution in [3.63, 3.8) is 0 Å². The van der Waals surface area contributed by atoms with Crippen molar-refractivity contribution in [2.75, 3.05) is 43.1 Å². The number of carbonyl (C=O) groups excluding carboxylic acids is 1. The summed E-state index contributed by atoms with van der Waals surface area (Å²) in [7, 11) is 1.35. The van der Waals surface area contributed by atoms with Gasteiger partial charge >= 0.3 is 5.97 Å². The number of hydrogen-bond acceptors (Lipinski definition) is 7. The van der Waals surface area contributed by atoms with Crippen LogP contribution >= 0.6 is 11.6 Å². The second-order valence-electron chi connectivity index (χ2n) is 6.37. The largest absolute Gasteiger partial charge is 0.465 e. The van der Waals surface area contributed by atoms with Gasteiger partial charge in [0.25, 0.3) is 0 Å². The number of carbonyl (C=O) groups is 1. The predicted molar refractivity (Wildman–Crippen MR) is 107 cm³/mol. The maximum Gasteiger partial charge on any atom is 0.345 e. The fourth-order valence-corrected chi connectivity index (χ4v) is 3.39. The summed E-state index contributed by atoms with van der Waals surface area (Å²) in [6, 6.07) is 13.0. The Labute approximate surface area is 167 Å². The molecule has 1 saturated heterocycles. The summed E-state index contributed by atoms with van der Waals surface area (Å²) >= 11 is 5.97. The molecule has 8 heteroatoms. The average Bonchev–Trinajstić information content (AvgIpc) is 3.19. The number of esters is 1. The maximum absolute atomic E-state index is 12.5. The molecule has 0 spiro atoms. The van der Waals surface area contributed by atoms with Gasteiger partial charge in [-0.3, -0.25) is 0 Å². The molecule has 0 aliphatic carbocycles. The summed E-state index contributed by atoms with van der Waals surface area (Å²) in [5, 5.41) is 4.76. The highest BCUT2D eigenvalue weighted by atomic mass is 35.5. The molecule has 0 atom stereocenters. The molecule has 0 saturated carbocycles. The summed E-state index contributed by atoms with van der Waals surface area (Å²) in [5.41, 5.74) is 1.52. The minimum Gasteiger partial charge on any atom is -0.465 e. The van der Waals surface area contributed by atoms with Gasteiger partial charge in [-0.15, -0.1) is 0 Å². The third-order valence-corrected chi connectivity index (χ3v) is 4.97. The molecule has 7 nitrogen and oxygen atoms in total. The van der Waals surface area contributed by atoms with Crippen LogP contribution in [0.1, 0.15) is 10.4 Å². The Hall–Kier alpha value is -3.06. The number of ether oxygens (including phenoxy) is 1. The van der Waals surface area contributed by atoms with Crippen LogP contribution in [0.15, 0.2) is 53.2 Å². The molecule has 0 unspecified atom stereocenters. The van der Waals surface area contributed by atoms with Crippen LogP contribution in [0.3, 0.4) is 0 Å². The number of halogens is 1. The van der Waals surface area contributed by atoms with E-state index in [0.717, 1.165) is 24.5 Å². The molecule has 4 rings (SSSR count). The first-order chi connectivity index (χ1) is 13.7. The summed E-state index contributed by atoms with van der Waals surface area (Å²) in [4.78, 5) is 21.1. The zero-order chi connectivity index (χ0) is 19.5. The van der Waals surface area contributed by atoms with Gasteiger partial charge in [0, 0.05) is 43.0 Å². The van der Waals surface area contributed by atoms with Crippen LogP contribution in [-0.4, -0.2) is 49.4 Å². The Morgan fingerprint density at radius 3 is 2.43 bits per heavy atom. The molecular weight excluding hydrogens is 380 g/mol. The molecular formula is C20H19ClN4O3. The second kappa shape index (κ2) is 7.90. The molecule has 0 N–H and O–H groups in total. The van der Waals surface area contributed by atoms with Gasteiger partial charge in [0.15, 0.2) is 5.56 Å². The van der Waals surface area contributed by atoms with E-state index < -0.39 is 5.97 Å². The standard InChI is InChI=1S/C20H19ClN4O3/c1-27-20(26)17-18(14-5-7-15(21)8-6-14)23-28-19(17)25-12-10-24(11-13-25)16-4-2-3-9-22-16/h2-9H,10-13H2,1H3. The molecule has 0 radical (unpaired) electrons. The fourth-order valence-electron chi connectivity index (χ4n) is 3.27. The van der Waals surface area contributed by atoms with E-state index in [0.29, 0.717) is 35.3 Å². The lowest BCUT2D eigenvalue weighted by Crippen LogP contribution is -2.47. The summed E-state index contributed by atoms with van der Waals surface area (Å²) < 4.78 is 10.6. The third-order valence-electron chi connectivity index (χ3n) is 4.72.